The Morgan fingerprint density at radius 1 is 1.38 bits per heavy atom. The highest BCUT2D eigenvalue weighted by Gasteiger charge is 2.29. The van der Waals surface area contributed by atoms with Gasteiger partial charge in [0.25, 0.3) is 0 Å². The minimum Gasteiger partial charge on any atom is -0.496 e. The van der Waals surface area contributed by atoms with Crippen LogP contribution >= 0.6 is 15.9 Å². The smallest absolute Gasteiger partial charge is 0.133 e. The van der Waals surface area contributed by atoms with Gasteiger partial charge in [0.1, 0.15) is 5.75 Å². The van der Waals surface area contributed by atoms with E-state index in [9.17, 15) is 0 Å². The Bertz CT molecular complexity index is 464. The summed E-state index contributed by atoms with van der Waals surface area (Å²) in [6.45, 7) is 6.79. The molecule has 0 saturated carbocycles. The van der Waals surface area contributed by atoms with E-state index in [1.165, 1.54) is 18.4 Å². The third-order valence-corrected chi connectivity index (χ3v) is 4.77. The van der Waals surface area contributed by atoms with Gasteiger partial charge in [0.05, 0.1) is 11.6 Å². The van der Waals surface area contributed by atoms with Crippen molar-refractivity contribution in [3.05, 3.63) is 28.2 Å². The lowest BCUT2D eigenvalue weighted by Crippen LogP contribution is -2.41. The molecule has 1 fully saturated rings. The molecule has 3 nitrogen and oxygen atoms in total. The molecule has 0 aromatic heterocycles. The molecule has 2 rings (SSSR count). The van der Waals surface area contributed by atoms with E-state index in [4.69, 9.17) is 10.5 Å². The van der Waals surface area contributed by atoms with Crippen LogP contribution < -0.4 is 10.5 Å². The summed E-state index contributed by atoms with van der Waals surface area (Å²) in [4.78, 5) is 2.57. The molecule has 1 aliphatic rings. The predicted octanol–water partition coefficient (Wildman–Crippen LogP) is 3.97. The Balaban J connectivity index is 2.31. The normalized spacial score (nSPS) is 24.1. The second-order valence-corrected chi connectivity index (χ2v) is 7.24. The van der Waals surface area contributed by atoms with Gasteiger partial charge < -0.3 is 10.5 Å². The molecule has 1 aliphatic heterocycles. The number of hydrogen-bond acceptors (Lipinski definition) is 3. The van der Waals surface area contributed by atoms with Crippen LogP contribution in [0.1, 0.15) is 44.7 Å². The molecule has 0 spiro atoms. The first-order valence-electron chi connectivity index (χ1n) is 7.86. The molecule has 2 N–H and O–H groups in total. The number of likely N-dealkylation sites (tertiary alicyclic amines) is 1. The predicted molar refractivity (Wildman–Crippen MR) is 91.7 cm³/mol. The van der Waals surface area contributed by atoms with Gasteiger partial charge in [0.15, 0.2) is 0 Å². The second-order valence-electron chi connectivity index (χ2n) is 6.39. The van der Waals surface area contributed by atoms with Crippen molar-refractivity contribution in [1.82, 2.24) is 4.90 Å². The highest BCUT2D eigenvalue weighted by atomic mass is 79.9. The lowest BCUT2D eigenvalue weighted by Gasteiger charge is -2.35. The van der Waals surface area contributed by atoms with Crippen LogP contribution in [0.2, 0.25) is 0 Å². The molecule has 118 valence electrons. The molecular formula is C17H27BrN2O. The molecule has 1 aromatic rings. The molecular weight excluding hydrogens is 328 g/mol. The van der Waals surface area contributed by atoms with Crippen molar-refractivity contribution in [2.45, 2.75) is 45.2 Å². The van der Waals surface area contributed by atoms with Crippen LogP contribution in [0.3, 0.4) is 0 Å². The SMILES string of the molecule is COc1ccc(C2C(N)CCCCN2CC(C)C)cc1Br. The minimum absolute atomic E-state index is 0.201. The Hall–Kier alpha value is -0.580. The van der Waals surface area contributed by atoms with Crippen molar-refractivity contribution in [3.8, 4) is 5.75 Å². The van der Waals surface area contributed by atoms with E-state index in [1.807, 2.05) is 6.07 Å². The van der Waals surface area contributed by atoms with Gasteiger partial charge in [-0.05, 0) is 58.9 Å². The number of hydrogen-bond donors (Lipinski definition) is 1. The standard InChI is InChI=1S/C17H27BrN2O/c1-12(2)11-20-9-5-4-6-15(19)17(20)13-7-8-16(21-3)14(18)10-13/h7-8,10,12,15,17H,4-6,9,11,19H2,1-3H3. The maximum absolute atomic E-state index is 6.51. The van der Waals surface area contributed by atoms with E-state index in [1.54, 1.807) is 7.11 Å². The van der Waals surface area contributed by atoms with Gasteiger partial charge in [-0.15, -0.1) is 0 Å². The van der Waals surface area contributed by atoms with Crippen LogP contribution in [-0.4, -0.2) is 31.1 Å². The van der Waals surface area contributed by atoms with Crippen LogP contribution in [0.4, 0.5) is 0 Å². The highest BCUT2D eigenvalue weighted by molar-refractivity contribution is 9.10. The third kappa shape index (κ3) is 4.21. The zero-order valence-electron chi connectivity index (χ0n) is 13.3. The largest absolute Gasteiger partial charge is 0.496 e. The van der Waals surface area contributed by atoms with Crippen molar-refractivity contribution < 1.29 is 4.74 Å². The lowest BCUT2D eigenvalue weighted by molar-refractivity contribution is 0.165. The summed E-state index contributed by atoms with van der Waals surface area (Å²) < 4.78 is 6.34. The second kappa shape index (κ2) is 7.61. The Morgan fingerprint density at radius 2 is 2.14 bits per heavy atom. The van der Waals surface area contributed by atoms with Gasteiger partial charge in [-0.25, -0.2) is 0 Å². The van der Waals surface area contributed by atoms with E-state index in [-0.39, 0.29) is 6.04 Å². The van der Waals surface area contributed by atoms with E-state index in [2.05, 4.69) is 46.8 Å². The third-order valence-electron chi connectivity index (χ3n) is 4.15. The van der Waals surface area contributed by atoms with Gasteiger partial charge in [-0.2, -0.15) is 0 Å². The first kappa shape index (κ1) is 16.8. The monoisotopic (exact) mass is 354 g/mol. The summed E-state index contributed by atoms with van der Waals surface area (Å²) in [5.41, 5.74) is 7.80. The summed E-state index contributed by atoms with van der Waals surface area (Å²) in [5, 5.41) is 0. The number of ether oxygens (including phenoxy) is 1. The Morgan fingerprint density at radius 3 is 2.76 bits per heavy atom. The molecule has 0 amide bonds. The maximum atomic E-state index is 6.51. The van der Waals surface area contributed by atoms with Gasteiger partial charge in [0, 0.05) is 18.6 Å². The number of methoxy groups -OCH3 is 1. The molecule has 1 saturated heterocycles. The fraction of sp³-hybridized carbons (Fsp3) is 0.647. The van der Waals surface area contributed by atoms with Crippen LogP contribution in [0.5, 0.6) is 5.75 Å². The summed E-state index contributed by atoms with van der Waals surface area (Å²) in [5.74, 6) is 1.52. The van der Waals surface area contributed by atoms with Gasteiger partial charge in [-0.3, -0.25) is 4.90 Å². The molecule has 21 heavy (non-hydrogen) atoms. The fourth-order valence-corrected chi connectivity index (χ4v) is 3.82. The Kier molecular flexibility index (Phi) is 6.08. The first-order valence-corrected chi connectivity index (χ1v) is 8.65. The molecule has 1 aromatic carbocycles. The van der Waals surface area contributed by atoms with Gasteiger partial charge in [0.2, 0.25) is 0 Å². The zero-order valence-corrected chi connectivity index (χ0v) is 14.9. The highest BCUT2D eigenvalue weighted by Crippen LogP contribution is 2.34. The first-order chi connectivity index (χ1) is 10.0. The molecule has 1 heterocycles. The van der Waals surface area contributed by atoms with Crippen molar-refractivity contribution in [2.75, 3.05) is 20.2 Å². The summed E-state index contributed by atoms with van der Waals surface area (Å²) >= 11 is 3.60. The fourth-order valence-electron chi connectivity index (χ4n) is 3.26. The minimum atomic E-state index is 0.201. The van der Waals surface area contributed by atoms with Gasteiger partial charge in [-0.1, -0.05) is 26.3 Å². The number of benzene rings is 1. The molecule has 0 bridgehead atoms. The van der Waals surface area contributed by atoms with Crippen molar-refractivity contribution >= 4 is 15.9 Å². The molecule has 2 unspecified atom stereocenters. The molecule has 0 aliphatic carbocycles. The Labute approximate surface area is 137 Å². The lowest BCUT2D eigenvalue weighted by atomic mass is 9.95. The quantitative estimate of drug-likeness (QED) is 0.888. The molecule has 0 radical (unpaired) electrons. The van der Waals surface area contributed by atoms with Crippen LogP contribution in [0.25, 0.3) is 0 Å². The number of nitrogens with two attached hydrogens (primary N) is 1. The van der Waals surface area contributed by atoms with E-state index >= 15 is 0 Å². The average Bonchev–Trinajstić information content (AvgIpc) is 2.60. The topological polar surface area (TPSA) is 38.5 Å². The molecule has 4 heteroatoms. The molecule has 2 atom stereocenters. The number of nitrogens with zero attached hydrogens (tertiary/aromatic N) is 1. The van der Waals surface area contributed by atoms with E-state index in [0.29, 0.717) is 12.0 Å². The summed E-state index contributed by atoms with van der Waals surface area (Å²) in [6.07, 6.45) is 3.57. The van der Waals surface area contributed by atoms with E-state index < -0.39 is 0 Å². The van der Waals surface area contributed by atoms with Crippen LogP contribution in [0.15, 0.2) is 22.7 Å². The number of rotatable bonds is 4. The average molecular weight is 355 g/mol. The number of halogens is 1. The van der Waals surface area contributed by atoms with Crippen molar-refractivity contribution in [3.63, 3.8) is 0 Å². The maximum Gasteiger partial charge on any atom is 0.133 e. The van der Waals surface area contributed by atoms with Crippen molar-refractivity contribution in [1.29, 1.82) is 0 Å². The van der Waals surface area contributed by atoms with Crippen LogP contribution in [-0.2, 0) is 0 Å². The van der Waals surface area contributed by atoms with Crippen LogP contribution in [0, 0.1) is 5.92 Å². The summed E-state index contributed by atoms with van der Waals surface area (Å²) in [6, 6.07) is 6.86. The summed E-state index contributed by atoms with van der Waals surface area (Å²) in [7, 11) is 1.70. The van der Waals surface area contributed by atoms with E-state index in [0.717, 1.165) is 29.7 Å². The zero-order chi connectivity index (χ0) is 15.4. The van der Waals surface area contributed by atoms with Gasteiger partial charge >= 0.3 is 0 Å². The van der Waals surface area contributed by atoms with Crippen molar-refractivity contribution in [2.24, 2.45) is 11.7 Å².